The summed E-state index contributed by atoms with van der Waals surface area (Å²) in [5, 5.41) is 4.28. The van der Waals surface area contributed by atoms with Crippen molar-refractivity contribution in [3.05, 3.63) is 20.8 Å². The quantitative estimate of drug-likeness (QED) is 0.634. The Morgan fingerprint density at radius 1 is 1.53 bits per heavy atom. The topological polar surface area (TPSA) is 50.5 Å². The molecule has 2 heterocycles. The predicted molar refractivity (Wildman–Crippen MR) is 83.2 cm³/mol. The fraction of sp³-hybridized carbons (Fsp3) is 0.692. The maximum Gasteiger partial charge on any atom is 0.0660 e. The van der Waals surface area contributed by atoms with Crippen molar-refractivity contribution in [2.24, 2.45) is 5.84 Å². The number of nitrogens with one attached hydrogen (secondary N) is 1. The molecule has 0 aromatic carbocycles. The summed E-state index contributed by atoms with van der Waals surface area (Å²) in [6, 6.07) is 0.108. The maximum absolute atomic E-state index is 5.88. The van der Waals surface area contributed by atoms with E-state index in [9.17, 15) is 0 Å². The molecule has 1 fully saturated rings. The molecule has 1 aromatic heterocycles. The van der Waals surface area contributed by atoms with E-state index in [-0.39, 0.29) is 11.6 Å². The molecule has 1 aliphatic heterocycles. The molecule has 0 saturated carbocycles. The second-order valence-corrected chi connectivity index (χ2v) is 6.68. The Balaban J connectivity index is 2.29. The molecule has 4 nitrogen and oxygen atoms in total. The van der Waals surface area contributed by atoms with Crippen LogP contribution >= 0.6 is 27.3 Å². The number of nitrogens with zero attached hydrogens (tertiary/aromatic N) is 1. The molecule has 0 aliphatic carbocycles. The summed E-state index contributed by atoms with van der Waals surface area (Å²) in [6.07, 6.45) is 1.03. The Hall–Kier alpha value is 0.0200. The first-order valence-corrected chi connectivity index (χ1v) is 8.37. The average Bonchev–Trinajstić information content (AvgIpc) is 2.86. The standard InChI is InChI=1S/C13H22BrN3OS/c1-3-13(2,17-4-6-18-7-5-17)12(16-15)10-8-19-9-11(10)14/h8-9,12,16H,3-7,15H2,1-2H3. The van der Waals surface area contributed by atoms with Crippen molar-refractivity contribution in [1.29, 1.82) is 0 Å². The van der Waals surface area contributed by atoms with Gasteiger partial charge in [-0.05, 0) is 40.2 Å². The molecule has 0 amide bonds. The molecule has 2 rings (SSSR count). The van der Waals surface area contributed by atoms with Crippen LogP contribution in [0.5, 0.6) is 0 Å². The van der Waals surface area contributed by atoms with Gasteiger partial charge in [-0.1, -0.05) is 6.92 Å². The lowest BCUT2D eigenvalue weighted by molar-refractivity contribution is -0.0329. The molecule has 108 valence electrons. The van der Waals surface area contributed by atoms with E-state index in [0.717, 1.165) is 37.2 Å². The maximum atomic E-state index is 5.88. The number of hydrazine groups is 1. The van der Waals surface area contributed by atoms with Crippen LogP contribution in [-0.4, -0.2) is 36.7 Å². The van der Waals surface area contributed by atoms with E-state index in [1.807, 2.05) is 0 Å². The van der Waals surface area contributed by atoms with Gasteiger partial charge in [0.1, 0.15) is 0 Å². The summed E-state index contributed by atoms with van der Waals surface area (Å²) in [4.78, 5) is 2.49. The highest BCUT2D eigenvalue weighted by Gasteiger charge is 2.40. The molecule has 2 atom stereocenters. The van der Waals surface area contributed by atoms with E-state index in [1.165, 1.54) is 5.56 Å². The highest BCUT2D eigenvalue weighted by molar-refractivity contribution is 9.10. The van der Waals surface area contributed by atoms with Gasteiger partial charge in [0.25, 0.3) is 0 Å². The van der Waals surface area contributed by atoms with Crippen LogP contribution in [0.4, 0.5) is 0 Å². The average molecular weight is 348 g/mol. The molecule has 3 N–H and O–H groups in total. The molecular formula is C13H22BrN3OS. The van der Waals surface area contributed by atoms with Gasteiger partial charge in [-0.25, -0.2) is 0 Å². The van der Waals surface area contributed by atoms with E-state index in [2.05, 4.69) is 50.9 Å². The van der Waals surface area contributed by atoms with Gasteiger partial charge in [-0.3, -0.25) is 16.2 Å². The van der Waals surface area contributed by atoms with Gasteiger partial charge in [0.15, 0.2) is 0 Å². The van der Waals surface area contributed by atoms with Crippen molar-refractivity contribution in [3.63, 3.8) is 0 Å². The third kappa shape index (κ3) is 3.04. The Morgan fingerprint density at radius 3 is 2.68 bits per heavy atom. The zero-order valence-electron chi connectivity index (χ0n) is 11.5. The molecule has 2 unspecified atom stereocenters. The first-order valence-electron chi connectivity index (χ1n) is 6.64. The third-order valence-electron chi connectivity index (χ3n) is 4.19. The monoisotopic (exact) mass is 347 g/mol. The summed E-state index contributed by atoms with van der Waals surface area (Å²) < 4.78 is 6.60. The van der Waals surface area contributed by atoms with Crippen LogP contribution in [0.25, 0.3) is 0 Å². The van der Waals surface area contributed by atoms with Gasteiger partial charge in [0.2, 0.25) is 0 Å². The minimum Gasteiger partial charge on any atom is -0.379 e. The van der Waals surface area contributed by atoms with Crippen molar-refractivity contribution < 1.29 is 4.74 Å². The van der Waals surface area contributed by atoms with Gasteiger partial charge in [0.05, 0.1) is 19.3 Å². The fourth-order valence-electron chi connectivity index (χ4n) is 2.79. The zero-order chi connectivity index (χ0) is 13.9. The van der Waals surface area contributed by atoms with Crippen molar-refractivity contribution in [3.8, 4) is 0 Å². The fourth-order valence-corrected chi connectivity index (χ4v) is 4.34. The lowest BCUT2D eigenvalue weighted by Crippen LogP contribution is -2.58. The smallest absolute Gasteiger partial charge is 0.0660 e. The number of halogens is 1. The minimum absolute atomic E-state index is 0.0118. The van der Waals surface area contributed by atoms with Gasteiger partial charge in [-0.2, -0.15) is 11.3 Å². The normalized spacial score (nSPS) is 22.1. The minimum atomic E-state index is -0.0118. The Kier molecular flexibility index (Phi) is 5.39. The van der Waals surface area contributed by atoms with Crippen LogP contribution < -0.4 is 11.3 Å². The van der Waals surface area contributed by atoms with Crippen LogP contribution in [0.2, 0.25) is 0 Å². The first kappa shape index (κ1) is 15.4. The SMILES string of the molecule is CCC(C)(C(NN)c1cscc1Br)N1CCOCC1. The largest absolute Gasteiger partial charge is 0.379 e. The second kappa shape index (κ2) is 6.65. The van der Waals surface area contributed by atoms with E-state index in [4.69, 9.17) is 10.6 Å². The van der Waals surface area contributed by atoms with Crippen LogP contribution in [0, 0.1) is 0 Å². The summed E-state index contributed by atoms with van der Waals surface area (Å²) in [5.74, 6) is 5.88. The Morgan fingerprint density at radius 2 is 2.21 bits per heavy atom. The van der Waals surface area contributed by atoms with Crippen molar-refractivity contribution >= 4 is 27.3 Å². The lowest BCUT2D eigenvalue weighted by atomic mass is 9.84. The van der Waals surface area contributed by atoms with Gasteiger partial charge < -0.3 is 4.74 Å². The number of hydrogen-bond donors (Lipinski definition) is 2. The molecule has 19 heavy (non-hydrogen) atoms. The molecule has 0 spiro atoms. The number of ether oxygens (including phenoxy) is 1. The highest BCUT2D eigenvalue weighted by Crippen LogP contribution is 2.38. The molecular weight excluding hydrogens is 326 g/mol. The van der Waals surface area contributed by atoms with Gasteiger partial charge in [0, 0.05) is 28.5 Å². The van der Waals surface area contributed by atoms with Gasteiger partial charge in [-0.15, -0.1) is 0 Å². The first-order chi connectivity index (χ1) is 9.13. The number of morpholine rings is 1. The zero-order valence-corrected chi connectivity index (χ0v) is 13.9. The van der Waals surface area contributed by atoms with Crippen LogP contribution in [-0.2, 0) is 4.74 Å². The number of thiophene rings is 1. The molecule has 1 aromatic rings. The van der Waals surface area contributed by atoms with Crippen LogP contribution in [0.1, 0.15) is 31.9 Å². The molecule has 1 saturated heterocycles. The Labute approximate surface area is 127 Å². The number of nitrogens with two attached hydrogens (primary N) is 1. The van der Waals surface area contributed by atoms with E-state index in [0.29, 0.717) is 0 Å². The van der Waals surface area contributed by atoms with Crippen LogP contribution in [0.15, 0.2) is 15.2 Å². The van der Waals surface area contributed by atoms with E-state index in [1.54, 1.807) is 11.3 Å². The Bertz CT molecular complexity index is 408. The van der Waals surface area contributed by atoms with Crippen molar-refractivity contribution in [2.45, 2.75) is 31.8 Å². The number of rotatable bonds is 5. The van der Waals surface area contributed by atoms with E-state index < -0.39 is 0 Å². The summed E-state index contributed by atoms with van der Waals surface area (Å²) in [6.45, 7) is 8.04. The summed E-state index contributed by atoms with van der Waals surface area (Å²) in [7, 11) is 0. The molecule has 1 aliphatic rings. The molecule has 0 bridgehead atoms. The molecule has 0 radical (unpaired) electrons. The van der Waals surface area contributed by atoms with Crippen molar-refractivity contribution in [1.82, 2.24) is 10.3 Å². The highest BCUT2D eigenvalue weighted by atomic mass is 79.9. The third-order valence-corrected chi connectivity index (χ3v) is 5.94. The lowest BCUT2D eigenvalue weighted by Gasteiger charge is -2.47. The van der Waals surface area contributed by atoms with Crippen molar-refractivity contribution in [2.75, 3.05) is 26.3 Å². The van der Waals surface area contributed by atoms with E-state index >= 15 is 0 Å². The van der Waals surface area contributed by atoms with Crippen LogP contribution in [0.3, 0.4) is 0 Å². The van der Waals surface area contributed by atoms with Gasteiger partial charge >= 0.3 is 0 Å². The predicted octanol–water partition coefficient (Wildman–Crippen LogP) is 2.52. The summed E-state index contributed by atoms with van der Waals surface area (Å²) >= 11 is 5.32. The second-order valence-electron chi connectivity index (χ2n) is 5.08. The molecule has 6 heteroatoms. The number of hydrogen-bond acceptors (Lipinski definition) is 5. The summed E-state index contributed by atoms with van der Waals surface area (Å²) in [5.41, 5.74) is 4.26.